The van der Waals surface area contributed by atoms with E-state index in [-0.39, 0.29) is 23.6 Å². The van der Waals surface area contributed by atoms with Crippen LogP contribution in [0.15, 0.2) is 78.9 Å². The summed E-state index contributed by atoms with van der Waals surface area (Å²) in [5.74, 6) is -0.0436. The van der Waals surface area contributed by atoms with Crippen molar-refractivity contribution in [3.63, 3.8) is 0 Å². The molecule has 38 heavy (non-hydrogen) atoms. The third-order valence-electron chi connectivity index (χ3n) is 5.34. The number of hydrogen-bond donors (Lipinski definition) is 0. The molecule has 0 heterocycles. The zero-order chi connectivity index (χ0) is 27.5. The maximum atomic E-state index is 12.6. The van der Waals surface area contributed by atoms with Crippen molar-refractivity contribution in [3.8, 4) is 28.4 Å². The molecule has 9 nitrogen and oxygen atoms in total. The molecule has 3 aromatic carbocycles. The van der Waals surface area contributed by atoms with Crippen LogP contribution in [0.4, 0.5) is 5.69 Å². The smallest absolute Gasteiger partial charge is 0.343 e. The Labute approximate surface area is 220 Å². The number of ether oxygens (including phenoxy) is 4. The first-order valence-electron chi connectivity index (χ1n) is 12.1. The maximum absolute atomic E-state index is 12.6. The van der Waals surface area contributed by atoms with Gasteiger partial charge in [0.15, 0.2) is 0 Å². The Hall–Kier alpha value is -4.66. The van der Waals surface area contributed by atoms with Crippen molar-refractivity contribution >= 4 is 17.6 Å². The number of nitro groups is 1. The summed E-state index contributed by atoms with van der Waals surface area (Å²) in [5, 5.41) is 11.7. The maximum Gasteiger partial charge on any atom is 0.343 e. The van der Waals surface area contributed by atoms with Crippen LogP contribution in [-0.2, 0) is 9.53 Å². The monoisotopic (exact) mass is 519 g/mol. The van der Waals surface area contributed by atoms with Crippen molar-refractivity contribution in [3.05, 3.63) is 94.6 Å². The largest absolute Gasteiger partial charge is 0.494 e. The number of hydrogen-bond acceptors (Lipinski definition) is 8. The Balaban J connectivity index is 1.57. The molecule has 0 aliphatic heterocycles. The van der Waals surface area contributed by atoms with Crippen molar-refractivity contribution in [1.82, 2.24) is 0 Å². The van der Waals surface area contributed by atoms with Crippen LogP contribution in [0.25, 0.3) is 11.1 Å². The fraction of sp³-hybridized carbons (Fsp3) is 0.241. The molecular formula is C29H29NO8. The van der Waals surface area contributed by atoms with Gasteiger partial charge in [-0.1, -0.05) is 24.8 Å². The predicted molar refractivity (Wildman–Crippen MR) is 142 cm³/mol. The normalized spacial score (nSPS) is 10.4. The molecule has 0 atom stereocenters. The van der Waals surface area contributed by atoms with E-state index in [1.807, 2.05) is 6.92 Å². The van der Waals surface area contributed by atoms with Crippen LogP contribution >= 0.6 is 0 Å². The number of nitro benzene ring substituents is 1. The lowest BCUT2D eigenvalue weighted by molar-refractivity contribution is -0.385. The van der Waals surface area contributed by atoms with Gasteiger partial charge in [-0.25, -0.2) is 9.59 Å². The van der Waals surface area contributed by atoms with Crippen LogP contribution in [0.2, 0.25) is 0 Å². The first kappa shape index (κ1) is 27.9. The predicted octanol–water partition coefficient (Wildman–Crippen LogP) is 6.16. The highest BCUT2D eigenvalue weighted by molar-refractivity contribution is 5.92. The quantitative estimate of drug-likeness (QED) is 0.0659. The van der Waals surface area contributed by atoms with Crippen molar-refractivity contribution in [1.29, 1.82) is 0 Å². The molecule has 0 unspecified atom stereocenters. The van der Waals surface area contributed by atoms with Crippen LogP contribution in [0.5, 0.6) is 17.2 Å². The Morgan fingerprint density at radius 1 is 0.868 bits per heavy atom. The van der Waals surface area contributed by atoms with E-state index in [2.05, 4.69) is 6.58 Å². The van der Waals surface area contributed by atoms with Gasteiger partial charge in [-0.2, -0.15) is 0 Å². The highest BCUT2D eigenvalue weighted by Gasteiger charge is 2.20. The zero-order valence-corrected chi connectivity index (χ0v) is 21.3. The molecule has 0 aliphatic carbocycles. The van der Waals surface area contributed by atoms with E-state index in [4.69, 9.17) is 18.9 Å². The van der Waals surface area contributed by atoms with Crippen LogP contribution in [0.1, 0.15) is 37.0 Å². The lowest BCUT2D eigenvalue weighted by atomic mass is 10.0. The lowest BCUT2D eigenvalue weighted by Crippen LogP contribution is -2.10. The van der Waals surface area contributed by atoms with E-state index in [0.29, 0.717) is 48.7 Å². The highest BCUT2D eigenvalue weighted by Crippen LogP contribution is 2.33. The molecule has 3 aromatic rings. The van der Waals surface area contributed by atoms with Gasteiger partial charge in [0, 0.05) is 11.6 Å². The summed E-state index contributed by atoms with van der Waals surface area (Å²) in [6.07, 6.45) is 1.31. The molecule has 0 radical (unpaired) electrons. The van der Waals surface area contributed by atoms with Gasteiger partial charge in [0.1, 0.15) is 11.5 Å². The highest BCUT2D eigenvalue weighted by atomic mass is 16.6. The van der Waals surface area contributed by atoms with Crippen LogP contribution < -0.4 is 14.2 Å². The molecule has 0 fully saturated rings. The van der Waals surface area contributed by atoms with Gasteiger partial charge in [0.2, 0.25) is 5.75 Å². The average molecular weight is 520 g/mol. The summed E-state index contributed by atoms with van der Waals surface area (Å²) in [7, 11) is 0. The van der Waals surface area contributed by atoms with Crippen molar-refractivity contribution < 1.29 is 33.5 Å². The Morgan fingerprint density at radius 2 is 1.47 bits per heavy atom. The summed E-state index contributed by atoms with van der Waals surface area (Å²) in [4.78, 5) is 35.1. The van der Waals surface area contributed by atoms with E-state index in [1.165, 1.54) is 24.3 Å². The van der Waals surface area contributed by atoms with E-state index >= 15 is 0 Å². The second-order valence-corrected chi connectivity index (χ2v) is 8.28. The fourth-order valence-corrected chi connectivity index (χ4v) is 3.36. The van der Waals surface area contributed by atoms with Gasteiger partial charge in [0.25, 0.3) is 0 Å². The molecule has 0 aliphatic rings. The molecule has 0 amide bonds. The molecule has 0 saturated heterocycles. The van der Waals surface area contributed by atoms with Gasteiger partial charge < -0.3 is 18.9 Å². The number of nitrogens with zero attached hydrogens (tertiary/aromatic N) is 1. The minimum absolute atomic E-state index is 0.151. The number of benzene rings is 3. The molecule has 198 valence electrons. The van der Waals surface area contributed by atoms with E-state index in [1.54, 1.807) is 49.4 Å². The van der Waals surface area contributed by atoms with Gasteiger partial charge in [-0.05, 0) is 80.3 Å². The van der Waals surface area contributed by atoms with Gasteiger partial charge in [-0.15, -0.1) is 0 Å². The summed E-state index contributed by atoms with van der Waals surface area (Å²) < 4.78 is 21.4. The van der Waals surface area contributed by atoms with Gasteiger partial charge >= 0.3 is 17.6 Å². The minimum Gasteiger partial charge on any atom is -0.494 e. The molecule has 0 spiro atoms. The molecule has 0 saturated carbocycles. The van der Waals surface area contributed by atoms with Gasteiger partial charge in [0.05, 0.1) is 30.3 Å². The average Bonchev–Trinajstić information content (AvgIpc) is 2.91. The number of carbonyl (C=O) groups excluding carboxylic acids is 2. The Morgan fingerprint density at radius 3 is 2.11 bits per heavy atom. The standard InChI is InChI=1S/C29H29NO8/c1-4-35-24-12-7-21(8-13-24)23-11-16-27(26(19-23)30(33)34)38-29(32)22-9-14-25(15-10-22)36-17-5-6-18-37-28(31)20(2)3/h7-16,19H,2,4-6,17-18H2,1,3H3. The number of unbranched alkanes of at least 4 members (excludes halogenated alkanes) is 1. The van der Waals surface area contributed by atoms with Crippen molar-refractivity contribution in [2.24, 2.45) is 0 Å². The summed E-state index contributed by atoms with van der Waals surface area (Å²) >= 11 is 0. The first-order valence-corrected chi connectivity index (χ1v) is 12.1. The molecular weight excluding hydrogens is 490 g/mol. The molecule has 0 N–H and O–H groups in total. The second-order valence-electron chi connectivity index (χ2n) is 8.28. The topological polar surface area (TPSA) is 114 Å². The van der Waals surface area contributed by atoms with Crippen LogP contribution in [0.3, 0.4) is 0 Å². The first-order chi connectivity index (χ1) is 18.3. The Bertz CT molecular complexity index is 1280. The molecule has 0 aromatic heterocycles. The third kappa shape index (κ3) is 7.92. The lowest BCUT2D eigenvalue weighted by Gasteiger charge is -2.09. The Kier molecular flexibility index (Phi) is 9.99. The van der Waals surface area contributed by atoms with E-state index in [0.717, 1.165) is 5.56 Å². The second kappa shape index (κ2) is 13.6. The van der Waals surface area contributed by atoms with E-state index < -0.39 is 16.9 Å². The van der Waals surface area contributed by atoms with E-state index in [9.17, 15) is 19.7 Å². The molecule has 3 rings (SSSR count). The molecule has 9 heteroatoms. The van der Waals surface area contributed by atoms with Gasteiger partial charge in [-0.3, -0.25) is 10.1 Å². The SMILES string of the molecule is C=C(C)C(=O)OCCCCOc1ccc(C(=O)Oc2ccc(-c3ccc(OCC)cc3)cc2[N+](=O)[O-])cc1. The van der Waals surface area contributed by atoms with Crippen molar-refractivity contribution in [2.75, 3.05) is 19.8 Å². The zero-order valence-electron chi connectivity index (χ0n) is 21.3. The van der Waals surface area contributed by atoms with Crippen LogP contribution in [0, 0.1) is 10.1 Å². The van der Waals surface area contributed by atoms with Crippen molar-refractivity contribution in [2.45, 2.75) is 26.7 Å². The summed E-state index contributed by atoms with van der Waals surface area (Å²) in [6.45, 7) is 8.22. The number of carbonyl (C=O) groups is 2. The summed E-state index contributed by atoms with van der Waals surface area (Å²) in [6, 6.07) is 17.9. The fourth-order valence-electron chi connectivity index (χ4n) is 3.36. The number of rotatable bonds is 13. The number of esters is 2. The van der Waals surface area contributed by atoms with Crippen LogP contribution in [-0.4, -0.2) is 36.7 Å². The third-order valence-corrected chi connectivity index (χ3v) is 5.34. The minimum atomic E-state index is -0.729. The summed E-state index contributed by atoms with van der Waals surface area (Å²) in [5.41, 5.74) is 1.62. The molecule has 0 bridgehead atoms.